The molecule has 2 fully saturated rings. The van der Waals surface area contributed by atoms with Crippen LogP contribution in [-0.4, -0.2) is 5.11 Å². The summed E-state index contributed by atoms with van der Waals surface area (Å²) in [5.41, 5.74) is 0.633. The van der Waals surface area contributed by atoms with Crippen LogP contribution in [0.1, 0.15) is 44.1 Å². The third kappa shape index (κ3) is 1.49. The molecule has 1 aromatic rings. The van der Waals surface area contributed by atoms with E-state index in [0.717, 1.165) is 17.9 Å². The fourth-order valence-electron chi connectivity index (χ4n) is 3.71. The summed E-state index contributed by atoms with van der Waals surface area (Å²) in [6.07, 6.45) is 7.57. The molecule has 0 spiro atoms. The third-order valence-corrected chi connectivity index (χ3v) is 4.62. The van der Waals surface area contributed by atoms with E-state index >= 15 is 0 Å². The van der Waals surface area contributed by atoms with Crippen molar-refractivity contribution < 1.29 is 5.11 Å². The lowest BCUT2D eigenvalue weighted by atomic mass is 9.57. The SMILES string of the molecule is O[C@]1(c2ccccc2)C[C@@H]2CCCCC[C@@H]21. The molecule has 0 aliphatic heterocycles. The normalized spacial score (nSPS) is 38.3. The molecule has 0 radical (unpaired) electrons. The quantitative estimate of drug-likeness (QED) is 0.762. The van der Waals surface area contributed by atoms with Crippen molar-refractivity contribution in [2.45, 2.75) is 44.1 Å². The Kier molecular flexibility index (Phi) is 2.51. The van der Waals surface area contributed by atoms with Gasteiger partial charge in [-0.15, -0.1) is 0 Å². The van der Waals surface area contributed by atoms with Crippen LogP contribution in [-0.2, 0) is 5.60 Å². The minimum absolute atomic E-state index is 0.504. The van der Waals surface area contributed by atoms with Crippen molar-refractivity contribution in [2.24, 2.45) is 11.8 Å². The van der Waals surface area contributed by atoms with Crippen LogP contribution in [0.15, 0.2) is 30.3 Å². The summed E-state index contributed by atoms with van der Waals surface area (Å²) in [5.74, 6) is 1.31. The van der Waals surface area contributed by atoms with Crippen molar-refractivity contribution >= 4 is 0 Å². The minimum Gasteiger partial charge on any atom is -0.385 e. The average Bonchev–Trinajstić information content (AvgIpc) is 2.51. The molecule has 2 saturated carbocycles. The Bertz CT molecular complexity index is 359. The Labute approximate surface area is 97.5 Å². The second kappa shape index (κ2) is 3.89. The molecule has 0 unspecified atom stereocenters. The molecular weight excluding hydrogens is 196 g/mol. The number of benzene rings is 1. The molecule has 0 heterocycles. The fraction of sp³-hybridized carbons (Fsp3) is 0.600. The number of hydrogen-bond donors (Lipinski definition) is 1. The first-order valence-corrected chi connectivity index (χ1v) is 6.58. The van der Waals surface area contributed by atoms with E-state index < -0.39 is 5.60 Å². The van der Waals surface area contributed by atoms with Gasteiger partial charge in [0.15, 0.2) is 0 Å². The maximum atomic E-state index is 10.8. The van der Waals surface area contributed by atoms with E-state index in [2.05, 4.69) is 12.1 Å². The lowest BCUT2D eigenvalue weighted by Gasteiger charge is -2.52. The van der Waals surface area contributed by atoms with Gasteiger partial charge in [0.25, 0.3) is 0 Å². The van der Waals surface area contributed by atoms with Gasteiger partial charge in [0.1, 0.15) is 0 Å². The molecule has 0 saturated heterocycles. The van der Waals surface area contributed by atoms with E-state index in [4.69, 9.17) is 0 Å². The molecule has 1 aromatic carbocycles. The van der Waals surface area contributed by atoms with Crippen LogP contribution in [0, 0.1) is 11.8 Å². The van der Waals surface area contributed by atoms with Gasteiger partial charge >= 0.3 is 0 Å². The summed E-state index contributed by atoms with van der Waals surface area (Å²) in [5, 5.41) is 10.8. The predicted octanol–water partition coefficient (Wildman–Crippen LogP) is 3.47. The monoisotopic (exact) mass is 216 g/mol. The smallest absolute Gasteiger partial charge is 0.0930 e. The highest BCUT2D eigenvalue weighted by Gasteiger charge is 2.52. The second-order valence-corrected chi connectivity index (χ2v) is 5.50. The van der Waals surface area contributed by atoms with Crippen molar-refractivity contribution in [1.29, 1.82) is 0 Å². The first kappa shape index (κ1) is 10.3. The molecule has 1 nitrogen and oxygen atoms in total. The largest absolute Gasteiger partial charge is 0.385 e. The van der Waals surface area contributed by atoms with E-state index in [9.17, 15) is 5.11 Å². The molecule has 3 rings (SSSR count). The second-order valence-electron chi connectivity index (χ2n) is 5.50. The van der Waals surface area contributed by atoms with Gasteiger partial charge in [0.05, 0.1) is 5.60 Å². The highest BCUT2D eigenvalue weighted by atomic mass is 16.3. The molecule has 1 heteroatoms. The zero-order valence-electron chi connectivity index (χ0n) is 9.73. The van der Waals surface area contributed by atoms with E-state index in [0.29, 0.717) is 5.92 Å². The van der Waals surface area contributed by atoms with Gasteiger partial charge in [-0.2, -0.15) is 0 Å². The topological polar surface area (TPSA) is 20.2 Å². The Morgan fingerprint density at radius 1 is 1.00 bits per heavy atom. The summed E-state index contributed by atoms with van der Waals surface area (Å²) in [6, 6.07) is 10.3. The van der Waals surface area contributed by atoms with E-state index in [1.165, 1.54) is 32.1 Å². The minimum atomic E-state index is -0.504. The maximum Gasteiger partial charge on any atom is 0.0930 e. The van der Waals surface area contributed by atoms with E-state index in [-0.39, 0.29) is 0 Å². The Balaban J connectivity index is 1.85. The van der Waals surface area contributed by atoms with Crippen LogP contribution in [0.5, 0.6) is 0 Å². The summed E-state index contributed by atoms with van der Waals surface area (Å²) in [7, 11) is 0. The van der Waals surface area contributed by atoms with Crippen molar-refractivity contribution in [3.63, 3.8) is 0 Å². The third-order valence-electron chi connectivity index (χ3n) is 4.62. The van der Waals surface area contributed by atoms with Crippen LogP contribution in [0.3, 0.4) is 0 Å². The van der Waals surface area contributed by atoms with Crippen LogP contribution < -0.4 is 0 Å². The van der Waals surface area contributed by atoms with E-state index in [1.54, 1.807) is 0 Å². The molecule has 2 aliphatic carbocycles. The van der Waals surface area contributed by atoms with Gasteiger partial charge < -0.3 is 5.11 Å². The summed E-state index contributed by atoms with van der Waals surface area (Å²) in [4.78, 5) is 0. The van der Waals surface area contributed by atoms with Gasteiger partial charge in [-0.05, 0) is 36.7 Å². The first-order chi connectivity index (χ1) is 7.81. The average molecular weight is 216 g/mol. The Hall–Kier alpha value is -0.820. The fourth-order valence-corrected chi connectivity index (χ4v) is 3.71. The number of rotatable bonds is 1. The molecule has 3 atom stereocenters. The molecule has 2 aliphatic rings. The van der Waals surface area contributed by atoms with E-state index in [1.807, 2.05) is 18.2 Å². The Morgan fingerprint density at radius 2 is 1.75 bits per heavy atom. The van der Waals surface area contributed by atoms with Crippen LogP contribution in [0.25, 0.3) is 0 Å². The summed E-state index contributed by atoms with van der Waals surface area (Å²) in [6.45, 7) is 0. The van der Waals surface area contributed by atoms with Crippen molar-refractivity contribution in [2.75, 3.05) is 0 Å². The van der Waals surface area contributed by atoms with Gasteiger partial charge in [0, 0.05) is 0 Å². The first-order valence-electron chi connectivity index (χ1n) is 6.58. The molecule has 16 heavy (non-hydrogen) atoms. The molecule has 0 amide bonds. The summed E-state index contributed by atoms with van der Waals surface area (Å²) >= 11 is 0. The molecule has 0 aromatic heterocycles. The number of aliphatic hydroxyl groups is 1. The van der Waals surface area contributed by atoms with Gasteiger partial charge in [0.2, 0.25) is 0 Å². The van der Waals surface area contributed by atoms with Crippen molar-refractivity contribution in [3.8, 4) is 0 Å². The molecule has 0 bridgehead atoms. The number of hydrogen-bond acceptors (Lipinski definition) is 1. The summed E-state index contributed by atoms with van der Waals surface area (Å²) < 4.78 is 0. The molecule has 86 valence electrons. The van der Waals surface area contributed by atoms with Crippen LogP contribution in [0.4, 0.5) is 0 Å². The molecular formula is C15H20O. The van der Waals surface area contributed by atoms with Gasteiger partial charge in [-0.25, -0.2) is 0 Å². The highest BCUT2D eigenvalue weighted by Crippen LogP contribution is 2.55. The predicted molar refractivity (Wildman–Crippen MR) is 65.0 cm³/mol. The van der Waals surface area contributed by atoms with Crippen molar-refractivity contribution in [1.82, 2.24) is 0 Å². The standard InChI is InChI=1S/C15H20O/c16-15(13-8-4-2-5-9-13)11-12-7-3-1-6-10-14(12)15/h2,4-5,8-9,12,14,16H,1,3,6-7,10-11H2/t12-,14-,15-/m0/s1. The van der Waals surface area contributed by atoms with Crippen LogP contribution in [0.2, 0.25) is 0 Å². The number of fused-ring (bicyclic) bond motifs is 1. The highest BCUT2D eigenvalue weighted by molar-refractivity contribution is 5.27. The van der Waals surface area contributed by atoms with Crippen molar-refractivity contribution in [3.05, 3.63) is 35.9 Å². The van der Waals surface area contributed by atoms with Crippen LogP contribution >= 0.6 is 0 Å². The lowest BCUT2D eigenvalue weighted by Crippen LogP contribution is -2.50. The maximum absolute atomic E-state index is 10.8. The van der Waals surface area contributed by atoms with Gasteiger partial charge in [-0.3, -0.25) is 0 Å². The Morgan fingerprint density at radius 3 is 2.56 bits per heavy atom. The zero-order valence-corrected chi connectivity index (χ0v) is 9.73. The van der Waals surface area contributed by atoms with Gasteiger partial charge in [-0.1, -0.05) is 49.6 Å². The molecule has 1 N–H and O–H groups in total. The lowest BCUT2D eigenvalue weighted by molar-refractivity contribution is -0.148. The zero-order chi connectivity index (χ0) is 11.0.